The van der Waals surface area contributed by atoms with Gasteiger partial charge in [0, 0.05) is 5.56 Å². The lowest BCUT2D eigenvalue weighted by atomic mass is 10.1. The van der Waals surface area contributed by atoms with E-state index in [1.165, 1.54) is 18.2 Å². The smallest absolute Gasteiger partial charge is 0.297 e. The second-order valence-corrected chi connectivity index (χ2v) is 7.19. The molecule has 0 saturated carbocycles. The minimum Gasteiger partial charge on any atom is -0.497 e. The third-order valence-corrected chi connectivity index (χ3v) is 5.18. The molecule has 1 amide bonds. The first-order valence-electron chi connectivity index (χ1n) is 10.0. The largest absolute Gasteiger partial charge is 0.497 e. The first kappa shape index (κ1) is 21.2. The Labute approximate surface area is 182 Å². The highest BCUT2D eigenvalue weighted by Crippen LogP contribution is 2.30. The van der Waals surface area contributed by atoms with Crippen LogP contribution in [0.2, 0.25) is 0 Å². The Morgan fingerprint density at radius 3 is 2.75 bits per heavy atom. The molecule has 8 nitrogen and oxygen atoms in total. The van der Waals surface area contributed by atoms with Crippen molar-refractivity contribution in [3.05, 3.63) is 70.5 Å². The van der Waals surface area contributed by atoms with E-state index >= 15 is 0 Å². The van der Waals surface area contributed by atoms with Crippen molar-refractivity contribution < 1.29 is 18.4 Å². The number of hydrogen-bond acceptors (Lipinski definition) is 6. The zero-order chi connectivity index (χ0) is 22.8. The Kier molecular flexibility index (Phi) is 5.72. The van der Waals surface area contributed by atoms with Gasteiger partial charge < -0.3 is 14.6 Å². The molecule has 0 aliphatic rings. The number of halogens is 1. The van der Waals surface area contributed by atoms with Crippen molar-refractivity contribution >= 4 is 22.5 Å². The number of para-hydroxylation sites is 1. The molecule has 0 saturated heterocycles. The lowest BCUT2D eigenvalue weighted by molar-refractivity contribution is -0.119. The summed E-state index contributed by atoms with van der Waals surface area (Å²) in [4.78, 5) is 26.2. The van der Waals surface area contributed by atoms with Crippen molar-refractivity contribution in [2.75, 3.05) is 12.4 Å². The maximum atomic E-state index is 14.0. The van der Waals surface area contributed by atoms with Crippen molar-refractivity contribution in [2.24, 2.45) is 0 Å². The Morgan fingerprint density at radius 1 is 1.25 bits per heavy atom. The molecule has 4 rings (SSSR count). The maximum Gasteiger partial charge on any atom is 0.297 e. The van der Waals surface area contributed by atoms with E-state index in [0.29, 0.717) is 28.2 Å². The summed E-state index contributed by atoms with van der Waals surface area (Å²) in [5.74, 6) is -0.105. The van der Waals surface area contributed by atoms with Gasteiger partial charge in [0.05, 0.1) is 18.2 Å². The standard InChI is InChI=1S/C23H21FN4O4/c1-4-18(22(29)25-17-11-6-5-10-16(17)24)28-23(30)21-19(13(2)32-27-21)20(26-28)14-8-7-9-15(12-14)31-3/h5-12,18H,4H2,1-3H3,(H,25,29)/t18-/m1/s1. The molecule has 0 spiro atoms. The molecule has 0 unspecified atom stereocenters. The number of benzene rings is 2. The number of hydrogen-bond donors (Lipinski definition) is 1. The first-order chi connectivity index (χ1) is 15.4. The monoisotopic (exact) mass is 436 g/mol. The summed E-state index contributed by atoms with van der Waals surface area (Å²) in [6.45, 7) is 3.43. The van der Waals surface area contributed by atoms with Crippen LogP contribution in [0.25, 0.3) is 22.2 Å². The molecular formula is C23H21FN4O4. The number of nitrogens with zero attached hydrogens (tertiary/aromatic N) is 3. The van der Waals surface area contributed by atoms with E-state index in [1.807, 2.05) is 6.07 Å². The average molecular weight is 436 g/mol. The van der Waals surface area contributed by atoms with Crippen molar-refractivity contribution in [3.63, 3.8) is 0 Å². The number of carbonyl (C=O) groups is 1. The van der Waals surface area contributed by atoms with Gasteiger partial charge in [0.1, 0.15) is 29.1 Å². The van der Waals surface area contributed by atoms with E-state index in [9.17, 15) is 14.0 Å². The summed E-state index contributed by atoms with van der Waals surface area (Å²) in [5, 5.41) is 11.4. The van der Waals surface area contributed by atoms with Crippen LogP contribution in [0.1, 0.15) is 25.1 Å². The van der Waals surface area contributed by atoms with Gasteiger partial charge in [0.2, 0.25) is 5.91 Å². The summed E-state index contributed by atoms with van der Waals surface area (Å²) in [6.07, 6.45) is 0.243. The maximum absolute atomic E-state index is 14.0. The molecule has 0 aliphatic carbocycles. The molecule has 1 N–H and O–H groups in total. The number of amides is 1. The van der Waals surface area contributed by atoms with Crippen LogP contribution in [-0.2, 0) is 4.79 Å². The van der Waals surface area contributed by atoms with Crippen LogP contribution in [0.5, 0.6) is 5.75 Å². The molecule has 2 aromatic heterocycles. The Hall–Kier alpha value is -4.01. The average Bonchev–Trinajstić information content (AvgIpc) is 3.19. The van der Waals surface area contributed by atoms with E-state index in [-0.39, 0.29) is 17.6 Å². The number of methoxy groups -OCH3 is 1. The summed E-state index contributed by atoms with van der Waals surface area (Å²) in [7, 11) is 1.55. The Bertz CT molecular complexity index is 1360. The van der Waals surface area contributed by atoms with Crippen LogP contribution < -0.4 is 15.6 Å². The van der Waals surface area contributed by atoms with E-state index in [0.717, 1.165) is 4.68 Å². The van der Waals surface area contributed by atoms with Crippen molar-refractivity contribution in [1.82, 2.24) is 14.9 Å². The topological polar surface area (TPSA) is 99.2 Å². The Morgan fingerprint density at radius 2 is 2.03 bits per heavy atom. The highest BCUT2D eigenvalue weighted by atomic mass is 19.1. The van der Waals surface area contributed by atoms with Gasteiger partial charge in [-0.05, 0) is 37.6 Å². The SMILES string of the molecule is CC[C@H](C(=O)Nc1ccccc1F)n1nc(-c2cccc(OC)c2)c2c(C)onc2c1=O. The van der Waals surface area contributed by atoms with Crippen LogP contribution >= 0.6 is 0 Å². The molecule has 32 heavy (non-hydrogen) atoms. The fourth-order valence-corrected chi connectivity index (χ4v) is 3.54. The molecule has 0 aliphatic heterocycles. The molecule has 0 bridgehead atoms. The summed E-state index contributed by atoms with van der Waals surface area (Å²) >= 11 is 0. The number of rotatable bonds is 6. The quantitative estimate of drug-likeness (QED) is 0.489. The highest BCUT2D eigenvalue weighted by Gasteiger charge is 2.27. The van der Waals surface area contributed by atoms with Crippen molar-refractivity contribution in [1.29, 1.82) is 0 Å². The number of nitrogens with one attached hydrogen (secondary N) is 1. The van der Waals surface area contributed by atoms with Crippen molar-refractivity contribution in [2.45, 2.75) is 26.3 Å². The van der Waals surface area contributed by atoms with E-state index in [4.69, 9.17) is 9.26 Å². The fourth-order valence-electron chi connectivity index (χ4n) is 3.54. The minimum atomic E-state index is -0.993. The van der Waals surface area contributed by atoms with Crippen LogP contribution in [-0.4, -0.2) is 28.0 Å². The van der Waals surface area contributed by atoms with Crippen LogP contribution in [0.3, 0.4) is 0 Å². The van der Waals surface area contributed by atoms with Crippen LogP contribution in [0.4, 0.5) is 10.1 Å². The molecule has 164 valence electrons. The normalized spacial score (nSPS) is 12.0. The fraction of sp³-hybridized carbons (Fsp3) is 0.217. The number of anilines is 1. The van der Waals surface area contributed by atoms with Gasteiger partial charge in [-0.25, -0.2) is 9.07 Å². The van der Waals surface area contributed by atoms with E-state index < -0.39 is 23.3 Å². The lowest BCUT2D eigenvalue weighted by Gasteiger charge is -2.18. The van der Waals surface area contributed by atoms with Gasteiger partial charge in [-0.15, -0.1) is 0 Å². The van der Waals surface area contributed by atoms with Gasteiger partial charge in [-0.3, -0.25) is 9.59 Å². The second kappa shape index (κ2) is 8.62. The van der Waals surface area contributed by atoms with Crippen LogP contribution in [0.15, 0.2) is 57.8 Å². The molecular weight excluding hydrogens is 415 g/mol. The molecule has 2 heterocycles. The van der Waals surface area contributed by atoms with E-state index in [2.05, 4.69) is 15.6 Å². The second-order valence-electron chi connectivity index (χ2n) is 7.19. The highest BCUT2D eigenvalue weighted by molar-refractivity contribution is 5.95. The van der Waals surface area contributed by atoms with Gasteiger partial charge in [0.25, 0.3) is 5.56 Å². The zero-order valence-corrected chi connectivity index (χ0v) is 17.8. The number of ether oxygens (including phenoxy) is 1. The molecule has 4 aromatic rings. The minimum absolute atomic E-state index is 0.0235. The van der Waals surface area contributed by atoms with E-state index in [1.54, 1.807) is 45.2 Å². The number of carbonyl (C=O) groups excluding carboxylic acids is 1. The third-order valence-electron chi connectivity index (χ3n) is 5.18. The summed E-state index contributed by atoms with van der Waals surface area (Å²) in [5.41, 5.74) is 0.607. The molecule has 9 heteroatoms. The third kappa shape index (κ3) is 3.73. The predicted molar refractivity (Wildman–Crippen MR) is 117 cm³/mol. The van der Waals surface area contributed by atoms with Gasteiger partial charge >= 0.3 is 0 Å². The number of fused-ring (bicyclic) bond motifs is 1. The zero-order valence-electron chi connectivity index (χ0n) is 17.8. The summed E-state index contributed by atoms with van der Waals surface area (Å²) in [6, 6.07) is 12.0. The Balaban J connectivity index is 1.86. The van der Waals surface area contributed by atoms with Crippen molar-refractivity contribution in [3.8, 4) is 17.0 Å². The molecule has 2 aromatic carbocycles. The van der Waals surface area contributed by atoms with Gasteiger partial charge in [-0.1, -0.05) is 36.3 Å². The van der Waals surface area contributed by atoms with Crippen LogP contribution in [0, 0.1) is 12.7 Å². The molecule has 1 atom stereocenters. The van der Waals surface area contributed by atoms with Gasteiger partial charge in [-0.2, -0.15) is 5.10 Å². The number of aryl methyl sites for hydroxylation is 1. The van der Waals surface area contributed by atoms with Gasteiger partial charge in [0.15, 0.2) is 5.52 Å². The first-order valence-corrected chi connectivity index (χ1v) is 10.0. The summed E-state index contributed by atoms with van der Waals surface area (Å²) < 4.78 is 25.7. The lowest BCUT2D eigenvalue weighted by Crippen LogP contribution is -2.35. The molecule has 0 radical (unpaired) electrons. The predicted octanol–water partition coefficient (Wildman–Crippen LogP) is 4.10. The molecule has 0 fully saturated rings. The number of aromatic nitrogens is 3.